The van der Waals surface area contributed by atoms with Gasteiger partial charge in [-0.25, -0.2) is 8.93 Å². The third-order valence-electron chi connectivity index (χ3n) is 4.88. The van der Waals surface area contributed by atoms with E-state index in [0.717, 1.165) is 16.9 Å². The van der Waals surface area contributed by atoms with Gasteiger partial charge in [0, 0.05) is 6.04 Å². The lowest BCUT2D eigenvalue weighted by Crippen LogP contribution is -2.46. The van der Waals surface area contributed by atoms with Gasteiger partial charge in [0.1, 0.15) is 12.4 Å². The zero-order chi connectivity index (χ0) is 22.1. The van der Waals surface area contributed by atoms with Gasteiger partial charge in [-0.2, -0.15) is 0 Å². The van der Waals surface area contributed by atoms with Gasteiger partial charge < -0.3 is 9.47 Å². The predicted octanol–water partition coefficient (Wildman–Crippen LogP) is 4.43. The maximum absolute atomic E-state index is 13.1. The summed E-state index contributed by atoms with van der Waals surface area (Å²) < 4.78 is 26.3. The molecule has 0 bridgehead atoms. The van der Waals surface area contributed by atoms with Crippen molar-refractivity contribution in [2.45, 2.75) is 57.9 Å². The maximum Gasteiger partial charge on any atom is 0.311 e. The summed E-state index contributed by atoms with van der Waals surface area (Å²) >= 11 is 0. The number of rotatable bonds is 10. The van der Waals surface area contributed by atoms with Crippen molar-refractivity contribution in [2.75, 3.05) is 7.11 Å². The summed E-state index contributed by atoms with van der Waals surface area (Å²) in [6, 6.07) is 17.0. The van der Waals surface area contributed by atoms with Gasteiger partial charge in [0.15, 0.2) is 0 Å². The molecule has 6 heteroatoms. The number of esters is 1. The summed E-state index contributed by atoms with van der Waals surface area (Å²) in [5.74, 6) is 0.0221. The number of nitrogens with one attached hydrogen (secondary N) is 1. The van der Waals surface area contributed by atoms with Crippen LogP contribution in [0.25, 0.3) is 0 Å². The Morgan fingerprint density at radius 3 is 2.20 bits per heavy atom. The van der Waals surface area contributed by atoms with Crippen LogP contribution in [-0.2, 0) is 33.5 Å². The standard InChI is InChI=1S/C24H33NO4S/c1-6-22(25-30(27)24(2,3)4)21(16-18-10-8-7-9-11-18)23(26)29-17-19-12-14-20(28-5)15-13-19/h7-15,21-22,25H,6,16-17H2,1-5H3/t21-,22+,30?/m0/s1. The summed E-state index contributed by atoms with van der Waals surface area (Å²) in [6.45, 7) is 7.92. The van der Waals surface area contributed by atoms with E-state index in [1.54, 1.807) is 7.11 Å². The summed E-state index contributed by atoms with van der Waals surface area (Å²) in [7, 11) is 0.336. The zero-order valence-electron chi connectivity index (χ0n) is 18.5. The number of benzene rings is 2. The molecule has 5 nitrogen and oxygen atoms in total. The van der Waals surface area contributed by atoms with E-state index < -0.39 is 21.7 Å². The molecule has 2 rings (SSSR count). The summed E-state index contributed by atoms with van der Waals surface area (Å²) in [4.78, 5) is 13.1. The minimum Gasteiger partial charge on any atom is -0.497 e. The number of methoxy groups -OCH3 is 1. The molecule has 2 aromatic carbocycles. The highest BCUT2D eigenvalue weighted by Crippen LogP contribution is 2.21. The van der Waals surface area contributed by atoms with Crippen LogP contribution in [0.1, 0.15) is 45.2 Å². The van der Waals surface area contributed by atoms with E-state index in [1.807, 2.05) is 82.3 Å². The number of carbonyl (C=O) groups is 1. The Balaban J connectivity index is 2.15. The Kier molecular flexibility index (Phi) is 9.06. The largest absolute Gasteiger partial charge is 0.497 e. The second kappa shape index (κ2) is 11.3. The lowest BCUT2D eigenvalue weighted by molar-refractivity contribution is -0.150. The second-order valence-electron chi connectivity index (χ2n) is 8.27. The van der Waals surface area contributed by atoms with Crippen molar-refractivity contribution in [1.29, 1.82) is 0 Å². The lowest BCUT2D eigenvalue weighted by Gasteiger charge is -2.28. The Labute approximate surface area is 182 Å². The molecule has 0 saturated carbocycles. The van der Waals surface area contributed by atoms with Gasteiger partial charge in [0.05, 0.1) is 28.8 Å². The van der Waals surface area contributed by atoms with Crippen molar-refractivity contribution in [1.82, 2.24) is 4.72 Å². The third kappa shape index (κ3) is 7.26. The van der Waals surface area contributed by atoms with E-state index in [1.165, 1.54) is 0 Å². The van der Waals surface area contributed by atoms with Gasteiger partial charge in [0.25, 0.3) is 0 Å². The molecule has 0 fully saturated rings. The van der Waals surface area contributed by atoms with Crippen molar-refractivity contribution in [2.24, 2.45) is 5.92 Å². The Morgan fingerprint density at radius 1 is 1.03 bits per heavy atom. The number of carbonyl (C=O) groups excluding carboxylic acids is 1. The average Bonchev–Trinajstić information content (AvgIpc) is 2.74. The van der Waals surface area contributed by atoms with Gasteiger partial charge in [-0.3, -0.25) is 4.79 Å². The molecular weight excluding hydrogens is 398 g/mol. The van der Waals surface area contributed by atoms with E-state index in [0.29, 0.717) is 12.8 Å². The molecule has 0 amide bonds. The van der Waals surface area contributed by atoms with Crippen LogP contribution in [0.5, 0.6) is 5.75 Å². The summed E-state index contributed by atoms with van der Waals surface area (Å²) in [6.07, 6.45) is 1.19. The van der Waals surface area contributed by atoms with Crippen LogP contribution < -0.4 is 9.46 Å². The van der Waals surface area contributed by atoms with E-state index >= 15 is 0 Å². The SMILES string of the molecule is CC[C@@H](NS(=O)C(C)(C)C)[C@H](Cc1ccccc1)C(=O)OCc1ccc(OC)cc1. The molecule has 0 aromatic heterocycles. The van der Waals surface area contributed by atoms with Crippen LogP contribution in [0.2, 0.25) is 0 Å². The Hall–Kier alpha value is -2.18. The molecule has 0 heterocycles. The first-order valence-corrected chi connectivity index (χ1v) is 11.4. The van der Waals surface area contributed by atoms with Gasteiger partial charge in [-0.05, 0) is 56.9 Å². The number of ether oxygens (including phenoxy) is 2. The van der Waals surface area contributed by atoms with Gasteiger partial charge in [0.2, 0.25) is 0 Å². The maximum atomic E-state index is 13.1. The minimum absolute atomic E-state index is 0.187. The van der Waals surface area contributed by atoms with Gasteiger partial charge >= 0.3 is 5.97 Å². The molecule has 1 N–H and O–H groups in total. The fourth-order valence-corrected chi connectivity index (χ4v) is 3.96. The van der Waals surface area contributed by atoms with E-state index in [2.05, 4.69) is 4.72 Å². The highest BCUT2D eigenvalue weighted by Gasteiger charge is 2.32. The van der Waals surface area contributed by atoms with Crippen molar-refractivity contribution in [3.63, 3.8) is 0 Å². The van der Waals surface area contributed by atoms with Crippen molar-refractivity contribution < 1.29 is 18.5 Å². The molecule has 0 radical (unpaired) electrons. The molecule has 0 aliphatic rings. The van der Waals surface area contributed by atoms with Gasteiger partial charge in [-0.1, -0.05) is 49.4 Å². The molecular formula is C24H33NO4S. The molecule has 3 atom stereocenters. The summed E-state index contributed by atoms with van der Waals surface area (Å²) in [5, 5.41) is 0. The molecule has 0 aliphatic heterocycles. The molecule has 1 unspecified atom stereocenters. The highest BCUT2D eigenvalue weighted by atomic mass is 32.2. The fraction of sp³-hybridized carbons (Fsp3) is 0.458. The molecule has 0 aliphatic carbocycles. The molecule has 0 spiro atoms. The number of hydrogen-bond acceptors (Lipinski definition) is 4. The zero-order valence-corrected chi connectivity index (χ0v) is 19.3. The predicted molar refractivity (Wildman–Crippen MR) is 122 cm³/mol. The Bertz CT molecular complexity index is 815. The summed E-state index contributed by atoms with van der Waals surface area (Å²) in [5.41, 5.74) is 1.94. The van der Waals surface area contributed by atoms with E-state index in [-0.39, 0.29) is 18.6 Å². The lowest BCUT2D eigenvalue weighted by atomic mass is 9.91. The normalized spacial score (nSPS) is 14.6. The van der Waals surface area contributed by atoms with Gasteiger partial charge in [-0.15, -0.1) is 0 Å². The fourth-order valence-electron chi connectivity index (χ4n) is 3.01. The van der Waals surface area contributed by atoms with Crippen LogP contribution in [-0.4, -0.2) is 28.1 Å². The third-order valence-corrected chi connectivity index (χ3v) is 6.51. The topological polar surface area (TPSA) is 64.6 Å². The van der Waals surface area contributed by atoms with E-state index in [4.69, 9.17) is 9.47 Å². The molecule has 2 aromatic rings. The van der Waals surface area contributed by atoms with Crippen LogP contribution in [0.3, 0.4) is 0 Å². The molecule has 164 valence electrons. The quantitative estimate of drug-likeness (QED) is 0.565. The molecule has 0 saturated heterocycles. The minimum atomic E-state index is -1.28. The molecule has 30 heavy (non-hydrogen) atoms. The second-order valence-corrected chi connectivity index (χ2v) is 10.3. The highest BCUT2D eigenvalue weighted by molar-refractivity contribution is 7.84. The van der Waals surface area contributed by atoms with Crippen LogP contribution in [0, 0.1) is 5.92 Å². The monoisotopic (exact) mass is 431 g/mol. The first kappa shape index (κ1) is 24.1. The van der Waals surface area contributed by atoms with Crippen molar-refractivity contribution in [3.8, 4) is 5.75 Å². The number of hydrogen-bond donors (Lipinski definition) is 1. The first-order valence-electron chi connectivity index (χ1n) is 10.3. The Morgan fingerprint density at radius 2 is 1.67 bits per heavy atom. The van der Waals surface area contributed by atoms with Crippen LogP contribution in [0.4, 0.5) is 0 Å². The van der Waals surface area contributed by atoms with Crippen LogP contribution in [0.15, 0.2) is 54.6 Å². The van der Waals surface area contributed by atoms with Crippen molar-refractivity contribution >= 4 is 17.0 Å². The van der Waals surface area contributed by atoms with E-state index in [9.17, 15) is 9.00 Å². The van der Waals surface area contributed by atoms with Crippen LogP contribution >= 0.6 is 0 Å². The smallest absolute Gasteiger partial charge is 0.311 e. The first-order chi connectivity index (χ1) is 14.2. The average molecular weight is 432 g/mol. The van der Waals surface area contributed by atoms with Crippen molar-refractivity contribution in [3.05, 3.63) is 65.7 Å².